The first-order valence-corrected chi connectivity index (χ1v) is 7.07. The van der Waals surface area contributed by atoms with E-state index in [0.717, 1.165) is 10.6 Å². The van der Waals surface area contributed by atoms with Gasteiger partial charge in [0, 0.05) is 16.7 Å². The number of aromatic nitrogens is 2. The van der Waals surface area contributed by atoms with E-state index in [1.165, 1.54) is 0 Å². The van der Waals surface area contributed by atoms with Gasteiger partial charge in [0.15, 0.2) is 5.78 Å². The molecule has 5 heteroatoms. The summed E-state index contributed by atoms with van der Waals surface area (Å²) in [5.74, 6) is 0.0295. The number of rotatable bonds is 4. The number of benzene rings is 1. The first kappa shape index (κ1) is 13.2. The maximum atomic E-state index is 12.0. The molecule has 0 saturated carbocycles. The fourth-order valence-corrected chi connectivity index (χ4v) is 2.15. The molecule has 18 heavy (non-hydrogen) atoms. The van der Waals surface area contributed by atoms with Gasteiger partial charge in [-0.15, -0.1) is 11.8 Å². The summed E-state index contributed by atoms with van der Waals surface area (Å²) < 4.78 is 1.57. The van der Waals surface area contributed by atoms with Gasteiger partial charge in [-0.3, -0.25) is 9.48 Å². The molecule has 0 aliphatic carbocycles. The molecule has 0 bridgehead atoms. The molecule has 0 unspecified atom stereocenters. The monoisotopic (exact) mass is 280 g/mol. The van der Waals surface area contributed by atoms with Crippen LogP contribution in [0.5, 0.6) is 0 Å². The number of Topliss-reactive ketones (excluding diaryl/α,β-unsaturated/α-hetero) is 1. The summed E-state index contributed by atoms with van der Waals surface area (Å²) in [7, 11) is 0. The Morgan fingerprint density at radius 1 is 1.39 bits per heavy atom. The van der Waals surface area contributed by atoms with E-state index in [1.807, 2.05) is 37.4 Å². The molecule has 1 aromatic heterocycles. The van der Waals surface area contributed by atoms with Gasteiger partial charge in [-0.1, -0.05) is 23.7 Å². The summed E-state index contributed by atoms with van der Waals surface area (Å²) in [6.45, 7) is 2.03. The van der Waals surface area contributed by atoms with Crippen LogP contribution in [0.15, 0.2) is 35.4 Å². The van der Waals surface area contributed by atoms with Gasteiger partial charge in [-0.2, -0.15) is 5.10 Å². The molecule has 0 amide bonds. The van der Waals surface area contributed by atoms with Crippen molar-refractivity contribution in [3.05, 3.63) is 46.7 Å². The topological polar surface area (TPSA) is 34.9 Å². The number of ketones is 1. The molecular weight excluding hydrogens is 268 g/mol. The first-order valence-electron chi connectivity index (χ1n) is 5.47. The lowest BCUT2D eigenvalue weighted by Gasteiger charge is -2.02. The highest BCUT2D eigenvalue weighted by Gasteiger charge is 2.09. The van der Waals surface area contributed by atoms with Crippen LogP contribution in [-0.2, 0) is 6.54 Å². The van der Waals surface area contributed by atoms with E-state index >= 15 is 0 Å². The summed E-state index contributed by atoms with van der Waals surface area (Å²) in [6.07, 6.45) is 3.68. The third-order valence-electron chi connectivity index (χ3n) is 2.60. The average Bonchev–Trinajstić information content (AvgIpc) is 2.68. The minimum atomic E-state index is 0.0295. The van der Waals surface area contributed by atoms with Gasteiger partial charge in [0.2, 0.25) is 0 Å². The number of hydrogen-bond donors (Lipinski definition) is 0. The number of aryl methyl sites for hydroxylation is 1. The maximum Gasteiger partial charge on any atom is 0.184 e. The smallest absolute Gasteiger partial charge is 0.184 e. The van der Waals surface area contributed by atoms with Gasteiger partial charge in [0.1, 0.15) is 6.54 Å². The van der Waals surface area contributed by atoms with Crippen LogP contribution < -0.4 is 0 Å². The van der Waals surface area contributed by atoms with Gasteiger partial charge >= 0.3 is 0 Å². The zero-order valence-corrected chi connectivity index (χ0v) is 11.8. The molecule has 0 aliphatic heterocycles. The molecule has 2 aromatic rings. The molecule has 0 fully saturated rings. The van der Waals surface area contributed by atoms with Crippen molar-refractivity contribution in [2.45, 2.75) is 18.4 Å². The van der Waals surface area contributed by atoms with Crippen molar-refractivity contribution in [2.75, 3.05) is 6.26 Å². The number of carbonyl (C=O) groups excluding carboxylic acids is 1. The number of nitrogens with zero attached hydrogens (tertiary/aromatic N) is 2. The van der Waals surface area contributed by atoms with Gasteiger partial charge < -0.3 is 0 Å². The maximum absolute atomic E-state index is 12.0. The molecule has 1 heterocycles. The van der Waals surface area contributed by atoms with Crippen LogP contribution in [0, 0.1) is 6.92 Å². The Morgan fingerprint density at radius 3 is 2.56 bits per heavy atom. The van der Waals surface area contributed by atoms with E-state index in [1.54, 1.807) is 22.6 Å². The van der Waals surface area contributed by atoms with Crippen LogP contribution in [0.3, 0.4) is 0 Å². The molecule has 94 valence electrons. The summed E-state index contributed by atoms with van der Waals surface area (Å²) in [6, 6.07) is 7.57. The van der Waals surface area contributed by atoms with Gasteiger partial charge in [0.25, 0.3) is 0 Å². The molecule has 2 rings (SSSR count). The molecule has 0 N–H and O–H groups in total. The highest BCUT2D eigenvalue weighted by molar-refractivity contribution is 7.98. The van der Waals surface area contributed by atoms with Gasteiger partial charge in [-0.05, 0) is 25.3 Å². The number of thioether (sulfide) groups is 1. The van der Waals surface area contributed by atoms with Gasteiger partial charge in [0.05, 0.1) is 10.7 Å². The second kappa shape index (κ2) is 5.59. The summed E-state index contributed by atoms with van der Waals surface area (Å²) in [5, 5.41) is 4.75. The molecule has 0 radical (unpaired) electrons. The molecule has 0 aliphatic rings. The van der Waals surface area contributed by atoms with Crippen LogP contribution in [0.1, 0.15) is 16.1 Å². The minimum Gasteiger partial charge on any atom is -0.292 e. The van der Waals surface area contributed by atoms with E-state index in [9.17, 15) is 4.79 Å². The Balaban J connectivity index is 2.11. The Labute approximate surface area is 115 Å². The molecule has 3 nitrogen and oxygen atoms in total. The first-order chi connectivity index (χ1) is 8.60. The van der Waals surface area contributed by atoms with Crippen LogP contribution >= 0.6 is 23.4 Å². The van der Waals surface area contributed by atoms with Crippen LogP contribution in [-0.4, -0.2) is 21.8 Å². The summed E-state index contributed by atoms with van der Waals surface area (Å²) in [4.78, 5) is 13.2. The van der Waals surface area contributed by atoms with Crippen LogP contribution in [0.4, 0.5) is 0 Å². The fraction of sp³-hybridized carbons (Fsp3) is 0.231. The minimum absolute atomic E-state index is 0.0295. The highest BCUT2D eigenvalue weighted by atomic mass is 35.5. The molecule has 0 spiro atoms. The quantitative estimate of drug-likeness (QED) is 0.635. The third-order valence-corrected chi connectivity index (χ3v) is 3.72. The number of hydrogen-bond acceptors (Lipinski definition) is 3. The average molecular weight is 281 g/mol. The van der Waals surface area contributed by atoms with E-state index in [-0.39, 0.29) is 12.3 Å². The largest absolute Gasteiger partial charge is 0.292 e. The summed E-state index contributed by atoms with van der Waals surface area (Å²) >= 11 is 7.55. The second-order valence-electron chi connectivity index (χ2n) is 3.91. The number of carbonyl (C=O) groups is 1. The zero-order valence-electron chi connectivity index (χ0n) is 10.2. The second-order valence-corrected chi connectivity index (χ2v) is 5.20. The molecular formula is C13H13ClN2OS. The van der Waals surface area contributed by atoms with Crippen molar-refractivity contribution < 1.29 is 4.79 Å². The van der Waals surface area contributed by atoms with Crippen molar-refractivity contribution in [3.8, 4) is 0 Å². The van der Waals surface area contributed by atoms with E-state index in [2.05, 4.69) is 5.10 Å². The van der Waals surface area contributed by atoms with E-state index < -0.39 is 0 Å². The predicted octanol–water partition coefficient (Wildman–Crippen LogP) is 3.45. The highest BCUT2D eigenvalue weighted by Crippen LogP contribution is 2.16. The lowest BCUT2D eigenvalue weighted by Crippen LogP contribution is -2.10. The Morgan fingerprint density at radius 2 is 2.06 bits per heavy atom. The van der Waals surface area contributed by atoms with E-state index in [0.29, 0.717) is 10.6 Å². The van der Waals surface area contributed by atoms with Gasteiger partial charge in [-0.25, -0.2) is 0 Å². The SMILES string of the molecule is CSc1ccc(C(=O)Cn2cc(Cl)c(C)n2)cc1. The van der Waals surface area contributed by atoms with Crippen LogP contribution in [0.2, 0.25) is 5.02 Å². The van der Waals surface area contributed by atoms with Crippen molar-refractivity contribution in [1.82, 2.24) is 9.78 Å². The summed E-state index contributed by atoms with van der Waals surface area (Å²) in [5.41, 5.74) is 1.43. The van der Waals surface area contributed by atoms with E-state index in [4.69, 9.17) is 11.6 Å². The molecule has 1 aromatic carbocycles. The third kappa shape index (κ3) is 2.94. The zero-order chi connectivity index (χ0) is 13.1. The number of halogens is 1. The Bertz CT molecular complexity index is 543. The predicted molar refractivity (Wildman–Crippen MR) is 74.5 cm³/mol. The Hall–Kier alpha value is -1.26. The van der Waals surface area contributed by atoms with Crippen molar-refractivity contribution in [3.63, 3.8) is 0 Å². The lowest BCUT2D eigenvalue weighted by atomic mass is 10.1. The normalized spacial score (nSPS) is 10.6. The van der Waals surface area contributed by atoms with Crippen molar-refractivity contribution in [2.24, 2.45) is 0 Å². The van der Waals surface area contributed by atoms with Crippen LogP contribution in [0.25, 0.3) is 0 Å². The van der Waals surface area contributed by atoms with Crippen molar-refractivity contribution >= 4 is 29.1 Å². The molecule has 0 atom stereocenters. The lowest BCUT2D eigenvalue weighted by molar-refractivity contribution is 0.0967. The fourth-order valence-electron chi connectivity index (χ4n) is 1.59. The Kier molecular flexibility index (Phi) is 4.09. The van der Waals surface area contributed by atoms with Crippen molar-refractivity contribution in [1.29, 1.82) is 0 Å². The standard InChI is InChI=1S/C13H13ClN2OS/c1-9-12(14)7-16(15-9)8-13(17)10-3-5-11(18-2)6-4-10/h3-7H,8H2,1-2H3. The molecule has 0 saturated heterocycles.